The van der Waals surface area contributed by atoms with Crippen LogP contribution in [0.2, 0.25) is 0 Å². The molecule has 0 fully saturated rings. The maximum Gasteiger partial charge on any atom is 0.146 e. The minimum absolute atomic E-state index is 0.286. The summed E-state index contributed by atoms with van der Waals surface area (Å²) in [5, 5.41) is 3.03. The van der Waals surface area contributed by atoms with Crippen LogP contribution >= 0.6 is 0 Å². The first-order valence-corrected chi connectivity index (χ1v) is 5.57. The van der Waals surface area contributed by atoms with Crippen molar-refractivity contribution in [2.75, 3.05) is 18.2 Å². The summed E-state index contributed by atoms with van der Waals surface area (Å²) in [6.45, 7) is 1.85. The molecule has 0 aliphatic heterocycles. The molecule has 0 radical (unpaired) electrons. The van der Waals surface area contributed by atoms with Crippen LogP contribution in [0.3, 0.4) is 0 Å². The van der Waals surface area contributed by atoms with Crippen LogP contribution in [-0.4, -0.2) is 7.11 Å². The van der Waals surface area contributed by atoms with Crippen molar-refractivity contribution in [3.63, 3.8) is 0 Å². The van der Waals surface area contributed by atoms with Crippen LogP contribution in [0.5, 0.6) is 5.75 Å². The van der Waals surface area contributed by atoms with Crippen molar-refractivity contribution in [3.8, 4) is 5.75 Å². The molecule has 3 nitrogen and oxygen atoms in total. The molecule has 0 atom stereocenters. The number of nitrogen functional groups attached to an aromatic ring is 1. The first-order chi connectivity index (χ1) is 8.61. The van der Waals surface area contributed by atoms with Crippen LogP contribution in [0.15, 0.2) is 36.4 Å². The van der Waals surface area contributed by atoms with Crippen molar-refractivity contribution in [1.82, 2.24) is 0 Å². The fraction of sp³-hybridized carbons (Fsp3) is 0.143. The van der Waals surface area contributed by atoms with Gasteiger partial charge in [0.15, 0.2) is 0 Å². The van der Waals surface area contributed by atoms with E-state index in [4.69, 9.17) is 10.5 Å². The minimum atomic E-state index is -0.286. The molecule has 2 rings (SSSR count). The predicted octanol–water partition coefficient (Wildman–Crippen LogP) is 3.47. The van der Waals surface area contributed by atoms with E-state index in [1.807, 2.05) is 13.0 Å². The lowest BCUT2D eigenvalue weighted by Gasteiger charge is -2.12. The number of methoxy groups -OCH3 is 1. The second kappa shape index (κ2) is 4.96. The van der Waals surface area contributed by atoms with Crippen molar-refractivity contribution in [1.29, 1.82) is 0 Å². The highest BCUT2D eigenvalue weighted by Gasteiger charge is 2.07. The van der Waals surface area contributed by atoms with E-state index in [1.54, 1.807) is 31.4 Å². The quantitative estimate of drug-likeness (QED) is 0.815. The molecule has 0 amide bonds. The molecule has 4 heteroatoms. The topological polar surface area (TPSA) is 47.3 Å². The lowest BCUT2D eigenvalue weighted by molar-refractivity contribution is 0.417. The molecular weight excluding hydrogens is 231 g/mol. The third-order valence-electron chi connectivity index (χ3n) is 2.72. The molecule has 0 aromatic heterocycles. The smallest absolute Gasteiger partial charge is 0.146 e. The molecule has 2 aromatic carbocycles. The lowest BCUT2D eigenvalue weighted by Crippen LogP contribution is -1.98. The molecular formula is C14H15FN2O. The maximum absolute atomic E-state index is 13.7. The van der Waals surface area contributed by atoms with Gasteiger partial charge in [0.1, 0.15) is 11.6 Å². The van der Waals surface area contributed by atoms with Crippen molar-refractivity contribution in [3.05, 3.63) is 47.8 Å². The number of nitrogens with two attached hydrogens (primary N) is 1. The summed E-state index contributed by atoms with van der Waals surface area (Å²) in [4.78, 5) is 0. The van der Waals surface area contributed by atoms with Gasteiger partial charge in [-0.3, -0.25) is 0 Å². The van der Waals surface area contributed by atoms with Crippen molar-refractivity contribution in [2.24, 2.45) is 0 Å². The molecule has 0 unspecified atom stereocenters. The Morgan fingerprint density at radius 3 is 2.67 bits per heavy atom. The van der Waals surface area contributed by atoms with Crippen molar-refractivity contribution in [2.45, 2.75) is 6.92 Å². The Morgan fingerprint density at radius 2 is 2.00 bits per heavy atom. The Bertz CT molecular complexity index is 549. The summed E-state index contributed by atoms with van der Waals surface area (Å²) in [5.41, 5.74) is 8.31. The molecule has 0 aliphatic rings. The molecule has 0 heterocycles. The van der Waals surface area contributed by atoms with Gasteiger partial charge in [-0.15, -0.1) is 0 Å². The van der Waals surface area contributed by atoms with E-state index in [0.717, 1.165) is 11.3 Å². The average Bonchev–Trinajstić information content (AvgIpc) is 2.36. The number of ether oxygens (including phenoxy) is 1. The van der Waals surface area contributed by atoms with Crippen LogP contribution < -0.4 is 15.8 Å². The highest BCUT2D eigenvalue weighted by molar-refractivity contribution is 5.68. The van der Waals surface area contributed by atoms with Crippen LogP contribution in [-0.2, 0) is 0 Å². The maximum atomic E-state index is 13.7. The van der Waals surface area contributed by atoms with Gasteiger partial charge in [0.2, 0.25) is 0 Å². The van der Waals surface area contributed by atoms with E-state index in [2.05, 4.69) is 5.32 Å². The highest BCUT2D eigenvalue weighted by Crippen LogP contribution is 2.29. The largest absolute Gasteiger partial charge is 0.495 e. The van der Waals surface area contributed by atoms with Crippen LogP contribution in [0, 0.1) is 12.7 Å². The van der Waals surface area contributed by atoms with Crippen molar-refractivity contribution < 1.29 is 9.13 Å². The average molecular weight is 246 g/mol. The summed E-state index contributed by atoms with van der Waals surface area (Å²) < 4.78 is 18.8. The van der Waals surface area contributed by atoms with E-state index in [0.29, 0.717) is 17.1 Å². The Morgan fingerprint density at radius 1 is 1.22 bits per heavy atom. The molecule has 0 saturated carbocycles. The second-order valence-electron chi connectivity index (χ2n) is 4.01. The van der Waals surface area contributed by atoms with E-state index in [1.165, 1.54) is 6.07 Å². The molecule has 0 spiro atoms. The van der Waals surface area contributed by atoms with Gasteiger partial charge in [-0.1, -0.05) is 12.1 Å². The number of hydrogen-bond acceptors (Lipinski definition) is 3. The molecule has 2 aromatic rings. The van der Waals surface area contributed by atoms with Gasteiger partial charge in [0.25, 0.3) is 0 Å². The Labute approximate surface area is 105 Å². The fourth-order valence-electron chi connectivity index (χ4n) is 1.72. The van der Waals surface area contributed by atoms with E-state index >= 15 is 0 Å². The van der Waals surface area contributed by atoms with E-state index in [9.17, 15) is 4.39 Å². The number of nitrogens with one attached hydrogen (secondary N) is 1. The van der Waals surface area contributed by atoms with Gasteiger partial charge < -0.3 is 15.8 Å². The van der Waals surface area contributed by atoms with Crippen LogP contribution in [0.25, 0.3) is 0 Å². The SMILES string of the molecule is COc1cc(Nc2c(C)cccc2F)ccc1N. The Kier molecular flexibility index (Phi) is 3.37. The zero-order chi connectivity index (χ0) is 13.1. The number of rotatable bonds is 3. The highest BCUT2D eigenvalue weighted by atomic mass is 19.1. The monoisotopic (exact) mass is 246 g/mol. The normalized spacial score (nSPS) is 10.2. The van der Waals surface area contributed by atoms with Gasteiger partial charge >= 0.3 is 0 Å². The number of para-hydroxylation sites is 1. The third-order valence-corrected chi connectivity index (χ3v) is 2.72. The summed E-state index contributed by atoms with van der Waals surface area (Å²) >= 11 is 0. The first-order valence-electron chi connectivity index (χ1n) is 5.57. The van der Waals surface area contributed by atoms with E-state index < -0.39 is 0 Å². The minimum Gasteiger partial charge on any atom is -0.495 e. The standard InChI is InChI=1S/C14H15FN2O/c1-9-4-3-5-11(15)14(9)17-10-6-7-12(16)13(8-10)18-2/h3-8,17H,16H2,1-2H3. The number of hydrogen-bond donors (Lipinski definition) is 2. The molecule has 94 valence electrons. The summed E-state index contributed by atoms with van der Waals surface area (Å²) in [6.07, 6.45) is 0. The first kappa shape index (κ1) is 12.2. The molecule has 18 heavy (non-hydrogen) atoms. The summed E-state index contributed by atoms with van der Waals surface area (Å²) in [6, 6.07) is 10.2. The van der Waals surface area contributed by atoms with Crippen LogP contribution in [0.4, 0.5) is 21.5 Å². The third kappa shape index (κ3) is 2.37. The molecule has 3 N–H and O–H groups in total. The Balaban J connectivity index is 2.34. The second-order valence-corrected chi connectivity index (χ2v) is 4.01. The zero-order valence-corrected chi connectivity index (χ0v) is 10.3. The Hall–Kier alpha value is -2.23. The number of halogens is 1. The van der Waals surface area contributed by atoms with Crippen LogP contribution in [0.1, 0.15) is 5.56 Å². The van der Waals surface area contributed by atoms with Gasteiger partial charge in [-0.05, 0) is 30.7 Å². The van der Waals surface area contributed by atoms with Gasteiger partial charge in [0, 0.05) is 11.8 Å². The van der Waals surface area contributed by atoms with Gasteiger partial charge in [-0.2, -0.15) is 0 Å². The molecule has 0 bridgehead atoms. The summed E-state index contributed by atoms with van der Waals surface area (Å²) in [7, 11) is 1.55. The van der Waals surface area contributed by atoms with Gasteiger partial charge in [-0.25, -0.2) is 4.39 Å². The molecule has 0 saturated heterocycles. The predicted molar refractivity (Wildman–Crippen MR) is 71.8 cm³/mol. The lowest BCUT2D eigenvalue weighted by atomic mass is 10.1. The molecule has 0 aliphatic carbocycles. The number of aryl methyl sites for hydroxylation is 1. The van der Waals surface area contributed by atoms with Gasteiger partial charge in [0.05, 0.1) is 18.5 Å². The van der Waals surface area contributed by atoms with E-state index in [-0.39, 0.29) is 5.82 Å². The number of anilines is 3. The zero-order valence-electron chi connectivity index (χ0n) is 10.3. The van der Waals surface area contributed by atoms with Crippen molar-refractivity contribution >= 4 is 17.1 Å². The summed E-state index contributed by atoms with van der Waals surface area (Å²) in [5.74, 6) is 0.278. The number of benzene rings is 2. The fourth-order valence-corrected chi connectivity index (χ4v) is 1.72.